The van der Waals surface area contributed by atoms with Gasteiger partial charge in [0.25, 0.3) is 5.91 Å². The highest BCUT2D eigenvalue weighted by atomic mass is 35.5. The molecule has 0 saturated carbocycles. The summed E-state index contributed by atoms with van der Waals surface area (Å²) in [5.74, 6) is 0.652. The van der Waals surface area contributed by atoms with Crippen LogP contribution in [0.4, 0.5) is 0 Å². The van der Waals surface area contributed by atoms with Crippen LogP contribution >= 0.6 is 46.0 Å². The number of rotatable bonds is 4. The van der Waals surface area contributed by atoms with Crippen LogP contribution in [-0.4, -0.2) is 46.2 Å². The minimum atomic E-state index is 0.0350. The molecule has 2 bridgehead atoms. The van der Waals surface area contributed by atoms with Crippen LogP contribution in [0.1, 0.15) is 29.4 Å². The van der Waals surface area contributed by atoms with Gasteiger partial charge in [-0.05, 0) is 74.3 Å². The number of halogens is 1. The predicted octanol–water partition coefficient (Wildman–Crippen LogP) is 3.62. The van der Waals surface area contributed by atoms with Gasteiger partial charge in [0.05, 0.1) is 9.09 Å². The molecule has 0 aromatic carbocycles. The Hall–Kier alpha value is -0.670. The molecule has 3 fully saturated rings. The molecule has 0 radical (unpaired) electrons. The number of amides is 1. The first-order valence-electron chi connectivity index (χ1n) is 7.92. The lowest BCUT2D eigenvalue weighted by atomic mass is 9.79. The monoisotopic (exact) mass is 400 g/mol. The summed E-state index contributed by atoms with van der Waals surface area (Å²) in [7, 11) is 0. The van der Waals surface area contributed by atoms with Crippen LogP contribution in [0.2, 0.25) is 4.47 Å². The highest BCUT2D eigenvalue weighted by Crippen LogP contribution is 2.36. The molecule has 1 amide bonds. The lowest BCUT2D eigenvalue weighted by Gasteiger charge is -2.49. The number of thiophene rings is 1. The zero-order chi connectivity index (χ0) is 16.7. The highest BCUT2D eigenvalue weighted by Gasteiger charge is 2.40. The Kier molecular flexibility index (Phi) is 4.83. The van der Waals surface area contributed by atoms with Gasteiger partial charge in [-0.3, -0.25) is 9.69 Å². The molecule has 3 aliphatic heterocycles. The second kappa shape index (κ2) is 6.92. The summed E-state index contributed by atoms with van der Waals surface area (Å²) in [5.41, 5.74) is 0. The number of hydrogen-bond donors (Lipinski definition) is 1. The van der Waals surface area contributed by atoms with Crippen molar-refractivity contribution < 1.29 is 4.79 Å². The molecule has 3 aliphatic rings. The molecule has 0 spiro atoms. The van der Waals surface area contributed by atoms with E-state index in [1.54, 1.807) is 0 Å². The number of piperidine rings is 3. The first-order chi connectivity index (χ1) is 11.6. The van der Waals surface area contributed by atoms with Crippen LogP contribution in [0.3, 0.4) is 0 Å². The Morgan fingerprint density at radius 2 is 2.12 bits per heavy atom. The van der Waals surface area contributed by atoms with Crippen molar-refractivity contribution in [1.82, 2.24) is 20.4 Å². The number of aromatic nitrogens is 2. The van der Waals surface area contributed by atoms with E-state index in [0.717, 1.165) is 13.4 Å². The molecule has 5 rings (SSSR count). The fourth-order valence-electron chi connectivity index (χ4n) is 3.59. The zero-order valence-corrected chi connectivity index (χ0v) is 16.3. The van der Waals surface area contributed by atoms with Crippen molar-refractivity contribution >= 4 is 51.9 Å². The average molecular weight is 401 g/mol. The number of carbonyl (C=O) groups excluding carboxylic acids is 1. The fourth-order valence-corrected chi connectivity index (χ4v) is 6.82. The van der Waals surface area contributed by atoms with Gasteiger partial charge in [0.2, 0.25) is 4.47 Å². The van der Waals surface area contributed by atoms with Gasteiger partial charge in [0, 0.05) is 12.1 Å². The predicted molar refractivity (Wildman–Crippen MR) is 98.4 cm³/mol. The van der Waals surface area contributed by atoms with Crippen LogP contribution in [0, 0.1) is 5.92 Å². The largest absolute Gasteiger partial charge is 0.347 e. The molecule has 0 aliphatic carbocycles. The third-order valence-electron chi connectivity index (χ3n) is 4.85. The van der Waals surface area contributed by atoms with Crippen LogP contribution in [-0.2, 0) is 0 Å². The van der Waals surface area contributed by atoms with E-state index in [9.17, 15) is 4.79 Å². The second-order valence-electron chi connectivity index (χ2n) is 6.15. The molecule has 3 saturated heterocycles. The van der Waals surface area contributed by atoms with Crippen LogP contribution in [0.15, 0.2) is 20.7 Å². The van der Waals surface area contributed by atoms with Gasteiger partial charge < -0.3 is 5.32 Å². The summed E-state index contributed by atoms with van der Waals surface area (Å²) >= 11 is 10.1. The van der Waals surface area contributed by atoms with Crippen molar-refractivity contribution in [3.63, 3.8) is 0 Å². The Morgan fingerprint density at radius 3 is 2.79 bits per heavy atom. The van der Waals surface area contributed by atoms with Crippen molar-refractivity contribution in [3.05, 3.63) is 21.5 Å². The summed E-state index contributed by atoms with van der Waals surface area (Å²) in [6, 6.07) is 4.54. The molecular weight excluding hydrogens is 384 g/mol. The number of fused-ring (bicyclic) bond motifs is 3. The van der Waals surface area contributed by atoms with E-state index < -0.39 is 0 Å². The summed E-state index contributed by atoms with van der Waals surface area (Å²) in [6.07, 6.45) is 2.39. The van der Waals surface area contributed by atoms with E-state index >= 15 is 0 Å². The van der Waals surface area contributed by atoms with E-state index in [1.165, 1.54) is 60.4 Å². The van der Waals surface area contributed by atoms with Crippen molar-refractivity contribution in [2.45, 2.75) is 40.4 Å². The van der Waals surface area contributed by atoms with Crippen molar-refractivity contribution in [2.24, 2.45) is 5.92 Å². The normalized spacial score (nSPS) is 28.9. The number of carbonyl (C=O) groups is 1. The minimum Gasteiger partial charge on any atom is -0.347 e. The standard InChI is InChI=1S/C15H17ClN4OS3/c1-8-12(9-4-6-20(8)7-5-9)17-13(21)10-2-3-11(22-10)23-15-19-18-14(16)24-15/h2-3,8-9,12H,4-7H2,1H3,(H,17,21). The highest BCUT2D eigenvalue weighted by molar-refractivity contribution is 8.02. The first-order valence-corrected chi connectivity index (χ1v) is 10.7. The van der Waals surface area contributed by atoms with Gasteiger partial charge in [-0.15, -0.1) is 21.5 Å². The molecule has 2 unspecified atom stereocenters. The second-order valence-corrected chi connectivity index (χ2v) is 10.3. The smallest absolute Gasteiger partial charge is 0.261 e. The minimum absolute atomic E-state index is 0.0350. The summed E-state index contributed by atoms with van der Waals surface area (Å²) < 4.78 is 2.25. The number of hydrogen-bond acceptors (Lipinski definition) is 7. The molecule has 2 aromatic rings. The van der Waals surface area contributed by atoms with Gasteiger partial charge in [-0.2, -0.15) is 0 Å². The first kappa shape index (κ1) is 16.8. The summed E-state index contributed by atoms with van der Waals surface area (Å²) in [4.78, 5) is 15.9. The number of nitrogens with zero attached hydrogens (tertiary/aromatic N) is 3. The van der Waals surface area contributed by atoms with Crippen molar-refractivity contribution in [1.29, 1.82) is 0 Å². The van der Waals surface area contributed by atoms with Crippen LogP contribution in [0.25, 0.3) is 0 Å². The van der Waals surface area contributed by atoms with Crippen molar-refractivity contribution in [3.8, 4) is 0 Å². The third-order valence-corrected chi connectivity index (χ3v) is 8.14. The van der Waals surface area contributed by atoms with E-state index in [4.69, 9.17) is 11.6 Å². The van der Waals surface area contributed by atoms with Gasteiger partial charge in [-0.25, -0.2) is 0 Å². The molecule has 1 N–H and O–H groups in total. The van der Waals surface area contributed by atoms with Gasteiger partial charge in [0.15, 0.2) is 4.34 Å². The molecular formula is C15H17ClN4OS3. The fraction of sp³-hybridized carbons (Fsp3) is 0.533. The molecule has 24 heavy (non-hydrogen) atoms. The number of nitrogens with one attached hydrogen (secondary N) is 1. The summed E-state index contributed by atoms with van der Waals surface area (Å²) in [5, 5.41) is 11.1. The molecule has 5 nitrogen and oxygen atoms in total. The zero-order valence-electron chi connectivity index (χ0n) is 13.1. The van der Waals surface area contributed by atoms with E-state index in [0.29, 0.717) is 16.4 Å². The van der Waals surface area contributed by atoms with E-state index in [-0.39, 0.29) is 11.9 Å². The molecule has 9 heteroatoms. The topological polar surface area (TPSA) is 58.1 Å². The van der Waals surface area contributed by atoms with Gasteiger partial charge in [-0.1, -0.05) is 11.3 Å². The molecule has 128 valence electrons. The lowest BCUT2D eigenvalue weighted by molar-refractivity contribution is 0.0218. The Labute approximate surface area is 157 Å². The Balaban J connectivity index is 1.41. The molecule has 2 aromatic heterocycles. The summed E-state index contributed by atoms with van der Waals surface area (Å²) in [6.45, 7) is 4.57. The third kappa shape index (κ3) is 3.35. The quantitative estimate of drug-likeness (QED) is 0.849. The maximum atomic E-state index is 12.6. The average Bonchev–Trinajstić information content (AvgIpc) is 3.21. The molecule has 5 heterocycles. The maximum absolute atomic E-state index is 12.6. The van der Waals surface area contributed by atoms with Crippen LogP contribution < -0.4 is 5.32 Å². The maximum Gasteiger partial charge on any atom is 0.261 e. The van der Waals surface area contributed by atoms with Gasteiger partial charge in [0.1, 0.15) is 0 Å². The molecule has 2 atom stereocenters. The van der Waals surface area contributed by atoms with Gasteiger partial charge >= 0.3 is 0 Å². The van der Waals surface area contributed by atoms with E-state index in [2.05, 4.69) is 27.3 Å². The Morgan fingerprint density at radius 1 is 1.33 bits per heavy atom. The SMILES string of the molecule is CC1C(NC(=O)c2ccc(Sc3nnc(Cl)s3)s2)C2CCN1CC2. The van der Waals surface area contributed by atoms with Crippen molar-refractivity contribution in [2.75, 3.05) is 13.1 Å². The van der Waals surface area contributed by atoms with Crippen LogP contribution in [0.5, 0.6) is 0 Å². The lowest BCUT2D eigenvalue weighted by Crippen LogP contribution is -2.62. The van der Waals surface area contributed by atoms with E-state index in [1.807, 2.05) is 12.1 Å². The Bertz CT molecular complexity index is 739.